The molecule has 3 aromatic carbocycles. The smallest absolute Gasteiger partial charge is 0.416 e. The molecular weight excluding hydrogens is 569 g/mol. The number of hydrogen-bond donors (Lipinski definition) is 2. The Morgan fingerprint density at radius 1 is 0.976 bits per heavy atom. The minimum absolute atomic E-state index is 0.0306. The second-order valence-electron chi connectivity index (χ2n) is 9.64. The quantitative estimate of drug-likeness (QED) is 0.256. The first-order valence-corrected chi connectivity index (χ1v) is 13.8. The van der Waals surface area contributed by atoms with Gasteiger partial charge in [-0.1, -0.05) is 47.7 Å². The van der Waals surface area contributed by atoms with Crippen LogP contribution in [0.1, 0.15) is 37.7 Å². The standard InChI is InChI=1S/C30H25F3N4O4S/c31-30(32,33)20-11-13-21(14-12-20)34-27(40)26-24(17-25(38)39)35-29(42-26)37(22-9-5-2-6-10-22)23-15-16-36(18-23)28(41)19-7-3-1-4-8-19/h1-14,23H,15-18H2,(H,34,40)(H,38,39). The number of likely N-dealkylation sites (tertiary alicyclic amines) is 1. The first kappa shape index (κ1) is 28.8. The van der Waals surface area contributed by atoms with Crippen LogP contribution in [0.3, 0.4) is 0 Å². The zero-order valence-corrected chi connectivity index (χ0v) is 22.9. The van der Waals surface area contributed by atoms with Crippen LogP contribution in [0.2, 0.25) is 0 Å². The lowest BCUT2D eigenvalue weighted by Crippen LogP contribution is -2.36. The van der Waals surface area contributed by atoms with Gasteiger partial charge in [-0.3, -0.25) is 14.4 Å². The lowest BCUT2D eigenvalue weighted by Gasteiger charge is -2.29. The van der Waals surface area contributed by atoms with Gasteiger partial charge >= 0.3 is 12.1 Å². The van der Waals surface area contributed by atoms with Crippen molar-refractivity contribution in [2.45, 2.75) is 25.1 Å². The van der Waals surface area contributed by atoms with Crippen LogP contribution < -0.4 is 10.2 Å². The van der Waals surface area contributed by atoms with Crippen LogP contribution in [0.15, 0.2) is 84.9 Å². The average Bonchev–Trinajstić information content (AvgIpc) is 3.61. The van der Waals surface area contributed by atoms with Crippen LogP contribution >= 0.6 is 11.3 Å². The van der Waals surface area contributed by atoms with Gasteiger partial charge in [0.05, 0.1) is 23.7 Å². The highest BCUT2D eigenvalue weighted by Crippen LogP contribution is 2.37. The normalized spacial score (nSPS) is 14.9. The van der Waals surface area contributed by atoms with Gasteiger partial charge in [-0.2, -0.15) is 13.2 Å². The molecule has 1 fully saturated rings. The number of hydrogen-bond acceptors (Lipinski definition) is 6. The van der Waals surface area contributed by atoms with E-state index in [0.29, 0.717) is 30.2 Å². The number of alkyl halides is 3. The fourth-order valence-corrected chi connectivity index (χ4v) is 5.85. The number of carbonyl (C=O) groups is 3. The molecule has 1 saturated heterocycles. The third-order valence-corrected chi connectivity index (χ3v) is 7.85. The molecule has 1 atom stereocenters. The van der Waals surface area contributed by atoms with Gasteiger partial charge in [0.25, 0.3) is 11.8 Å². The van der Waals surface area contributed by atoms with E-state index < -0.39 is 30.0 Å². The number of nitrogens with zero attached hydrogens (tertiary/aromatic N) is 3. The molecule has 2 N–H and O–H groups in total. The van der Waals surface area contributed by atoms with Crippen molar-refractivity contribution in [1.82, 2.24) is 9.88 Å². The summed E-state index contributed by atoms with van der Waals surface area (Å²) < 4.78 is 38.8. The molecule has 5 rings (SSSR count). The van der Waals surface area contributed by atoms with Crippen molar-refractivity contribution in [3.63, 3.8) is 0 Å². The van der Waals surface area contributed by atoms with Gasteiger partial charge in [0.1, 0.15) is 4.88 Å². The molecule has 0 saturated carbocycles. The van der Waals surface area contributed by atoms with E-state index in [1.54, 1.807) is 29.2 Å². The lowest BCUT2D eigenvalue weighted by molar-refractivity contribution is -0.138. The summed E-state index contributed by atoms with van der Waals surface area (Å²) in [6.45, 7) is 0.875. The molecule has 4 aromatic rings. The number of carboxylic acid groups (broad SMARTS) is 1. The van der Waals surface area contributed by atoms with E-state index in [1.807, 2.05) is 41.3 Å². The summed E-state index contributed by atoms with van der Waals surface area (Å²) in [7, 11) is 0. The molecule has 1 aliphatic rings. The van der Waals surface area contributed by atoms with Gasteiger partial charge in [0.15, 0.2) is 5.13 Å². The second kappa shape index (κ2) is 12.0. The Labute approximate surface area is 243 Å². The van der Waals surface area contributed by atoms with Gasteiger partial charge in [-0.25, -0.2) is 4.98 Å². The van der Waals surface area contributed by atoms with E-state index in [-0.39, 0.29) is 28.2 Å². The molecule has 0 spiro atoms. The van der Waals surface area contributed by atoms with Crippen molar-refractivity contribution in [3.8, 4) is 0 Å². The van der Waals surface area contributed by atoms with Gasteiger partial charge in [-0.05, 0) is 55.0 Å². The number of benzene rings is 3. The van der Waals surface area contributed by atoms with Crippen LogP contribution in [0.5, 0.6) is 0 Å². The minimum Gasteiger partial charge on any atom is -0.481 e. The predicted octanol–water partition coefficient (Wildman–Crippen LogP) is 6.09. The summed E-state index contributed by atoms with van der Waals surface area (Å²) in [6, 6.07) is 22.0. The summed E-state index contributed by atoms with van der Waals surface area (Å²) in [5, 5.41) is 12.4. The highest BCUT2D eigenvalue weighted by molar-refractivity contribution is 7.17. The number of aliphatic carboxylic acids is 1. The molecule has 12 heteroatoms. The van der Waals surface area contributed by atoms with Crippen molar-refractivity contribution >= 4 is 45.6 Å². The molecular formula is C30H25F3N4O4S. The SMILES string of the molecule is O=C(O)Cc1nc(N(c2ccccc2)C2CCN(C(=O)c3ccccc3)C2)sc1C(=O)Nc1ccc(C(F)(F)F)cc1. The van der Waals surface area contributed by atoms with Gasteiger partial charge < -0.3 is 20.2 Å². The summed E-state index contributed by atoms with van der Waals surface area (Å²) in [6.07, 6.45) is -4.45. The lowest BCUT2D eigenvalue weighted by atomic mass is 10.2. The van der Waals surface area contributed by atoms with E-state index in [0.717, 1.165) is 41.3 Å². The van der Waals surface area contributed by atoms with E-state index in [4.69, 9.17) is 0 Å². The van der Waals surface area contributed by atoms with E-state index in [2.05, 4.69) is 10.3 Å². The molecule has 2 amide bonds. The Morgan fingerprint density at radius 2 is 1.62 bits per heavy atom. The third kappa shape index (κ3) is 6.44. The van der Waals surface area contributed by atoms with Crippen LogP contribution in [0, 0.1) is 0 Å². The maximum absolute atomic E-state index is 13.3. The van der Waals surface area contributed by atoms with Crippen LogP contribution in [0.4, 0.5) is 29.7 Å². The molecule has 1 aliphatic heterocycles. The summed E-state index contributed by atoms with van der Waals surface area (Å²) in [4.78, 5) is 46.3. The monoisotopic (exact) mass is 594 g/mol. The Morgan fingerprint density at radius 3 is 2.24 bits per heavy atom. The second-order valence-corrected chi connectivity index (χ2v) is 10.6. The van der Waals surface area contributed by atoms with E-state index >= 15 is 0 Å². The van der Waals surface area contributed by atoms with Crippen molar-refractivity contribution in [1.29, 1.82) is 0 Å². The van der Waals surface area contributed by atoms with Crippen molar-refractivity contribution in [3.05, 3.63) is 107 Å². The molecule has 1 unspecified atom stereocenters. The number of carboxylic acids is 1. The molecule has 42 heavy (non-hydrogen) atoms. The molecule has 0 aliphatic carbocycles. The van der Waals surface area contributed by atoms with Crippen LogP contribution in [-0.4, -0.2) is 51.9 Å². The molecule has 1 aromatic heterocycles. The number of aromatic nitrogens is 1. The zero-order valence-electron chi connectivity index (χ0n) is 22.0. The molecule has 2 heterocycles. The molecule has 8 nitrogen and oxygen atoms in total. The average molecular weight is 595 g/mol. The number of thiazole rings is 1. The number of halogens is 3. The highest BCUT2D eigenvalue weighted by atomic mass is 32.1. The van der Waals surface area contributed by atoms with Crippen LogP contribution in [-0.2, 0) is 17.4 Å². The Kier molecular flexibility index (Phi) is 8.25. The number of anilines is 3. The van der Waals surface area contributed by atoms with Crippen molar-refractivity contribution < 1.29 is 32.7 Å². The Balaban J connectivity index is 1.45. The molecule has 0 bridgehead atoms. The predicted molar refractivity (Wildman–Crippen MR) is 152 cm³/mol. The topological polar surface area (TPSA) is 103 Å². The van der Waals surface area contributed by atoms with E-state index in [1.165, 1.54) is 0 Å². The number of nitrogens with one attached hydrogen (secondary N) is 1. The first-order valence-electron chi connectivity index (χ1n) is 13.0. The first-order chi connectivity index (χ1) is 20.1. The number of para-hydroxylation sites is 1. The van der Waals surface area contributed by atoms with Gasteiger partial charge in [-0.15, -0.1) is 0 Å². The summed E-state index contributed by atoms with van der Waals surface area (Å²) in [5.74, 6) is -1.98. The number of amides is 2. The minimum atomic E-state index is -4.52. The molecule has 216 valence electrons. The van der Waals surface area contributed by atoms with E-state index in [9.17, 15) is 32.7 Å². The third-order valence-electron chi connectivity index (χ3n) is 6.76. The summed E-state index contributed by atoms with van der Waals surface area (Å²) in [5.41, 5.74) is 0.617. The molecule has 0 radical (unpaired) electrons. The van der Waals surface area contributed by atoms with Crippen LogP contribution in [0.25, 0.3) is 0 Å². The van der Waals surface area contributed by atoms with Crippen molar-refractivity contribution in [2.24, 2.45) is 0 Å². The largest absolute Gasteiger partial charge is 0.481 e. The van der Waals surface area contributed by atoms with Crippen molar-refractivity contribution in [2.75, 3.05) is 23.3 Å². The highest BCUT2D eigenvalue weighted by Gasteiger charge is 2.35. The maximum atomic E-state index is 13.3. The Bertz CT molecular complexity index is 1580. The fourth-order valence-electron chi connectivity index (χ4n) is 4.78. The van der Waals surface area contributed by atoms with Gasteiger partial charge in [0.2, 0.25) is 0 Å². The number of carbonyl (C=O) groups excluding carboxylic acids is 2. The Hall–Kier alpha value is -4.71. The zero-order chi connectivity index (χ0) is 29.9. The number of rotatable bonds is 8. The maximum Gasteiger partial charge on any atom is 0.416 e. The fraction of sp³-hybridized carbons (Fsp3) is 0.200. The summed E-state index contributed by atoms with van der Waals surface area (Å²) >= 11 is 0.988. The van der Waals surface area contributed by atoms with Gasteiger partial charge in [0, 0.05) is 30.0 Å².